The number of hydrogen-bond donors (Lipinski definition) is 3. The van der Waals surface area contributed by atoms with Crippen LogP contribution in [0.2, 0.25) is 0 Å². The molecule has 0 unspecified atom stereocenters. The van der Waals surface area contributed by atoms with E-state index in [1.807, 2.05) is 0 Å². The molecule has 4 atom stereocenters. The Balaban J connectivity index is 2.04. The number of nitrogens with two attached hydrogens (primary N) is 1. The van der Waals surface area contributed by atoms with Crippen LogP contribution in [0.3, 0.4) is 0 Å². The lowest BCUT2D eigenvalue weighted by molar-refractivity contribution is -0.0459. The van der Waals surface area contributed by atoms with Crippen LogP contribution in [0, 0.1) is 0 Å². The topological polar surface area (TPSA) is 119 Å². The number of fused-ring (bicyclic) bond motifs is 1. The second-order valence-electron chi connectivity index (χ2n) is 4.27. The Morgan fingerprint density at radius 1 is 1.42 bits per heavy atom. The fourth-order valence-electron chi connectivity index (χ4n) is 2.13. The van der Waals surface area contributed by atoms with Crippen molar-refractivity contribution in [3.05, 3.63) is 12.7 Å². The van der Waals surface area contributed by atoms with Crippen molar-refractivity contribution in [2.45, 2.75) is 24.6 Å². The SMILES string of the molecule is Nc1ncnc2c1ncn2[C@H]1O[C@H](CO)[C@@H](O)[C@@H]1F. The fraction of sp³-hybridized carbons (Fsp3) is 0.500. The third-order valence-corrected chi connectivity index (χ3v) is 3.13. The minimum absolute atomic E-state index is 0.177. The van der Waals surface area contributed by atoms with Gasteiger partial charge in [-0.25, -0.2) is 19.3 Å². The monoisotopic (exact) mass is 269 g/mol. The summed E-state index contributed by atoms with van der Waals surface area (Å²) in [5.41, 5.74) is 6.28. The third-order valence-electron chi connectivity index (χ3n) is 3.13. The molecular formula is C10H12FN5O3. The molecular weight excluding hydrogens is 257 g/mol. The minimum Gasteiger partial charge on any atom is -0.394 e. The molecule has 0 saturated carbocycles. The second-order valence-corrected chi connectivity index (χ2v) is 4.27. The first-order valence-electron chi connectivity index (χ1n) is 5.65. The normalized spacial score (nSPS) is 31.1. The average Bonchev–Trinajstić information content (AvgIpc) is 2.94. The Bertz CT molecular complexity index is 606. The summed E-state index contributed by atoms with van der Waals surface area (Å²) in [6.45, 7) is -0.470. The Morgan fingerprint density at radius 3 is 2.89 bits per heavy atom. The summed E-state index contributed by atoms with van der Waals surface area (Å²) in [5, 5.41) is 18.6. The van der Waals surface area contributed by atoms with E-state index in [0.717, 1.165) is 0 Å². The van der Waals surface area contributed by atoms with Crippen molar-refractivity contribution >= 4 is 17.0 Å². The highest BCUT2D eigenvalue weighted by molar-refractivity contribution is 5.81. The highest BCUT2D eigenvalue weighted by Gasteiger charge is 2.45. The molecule has 0 radical (unpaired) electrons. The van der Waals surface area contributed by atoms with Crippen LogP contribution in [0.25, 0.3) is 11.2 Å². The molecule has 1 aliphatic rings. The second kappa shape index (κ2) is 4.37. The van der Waals surface area contributed by atoms with Crippen molar-refractivity contribution in [2.24, 2.45) is 0 Å². The predicted octanol–water partition coefficient (Wildman–Crippen LogP) is -1.00. The van der Waals surface area contributed by atoms with E-state index in [0.29, 0.717) is 11.2 Å². The molecule has 1 aliphatic heterocycles. The van der Waals surface area contributed by atoms with Gasteiger partial charge < -0.3 is 20.7 Å². The van der Waals surface area contributed by atoms with Crippen LogP contribution >= 0.6 is 0 Å². The van der Waals surface area contributed by atoms with Crippen LogP contribution in [0.4, 0.5) is 10.2 Å². The Hall–Kier alpha value is -1.84. The van der Waals surface area contributed by atoms with E-state index in [9.17, 15) is 9.50 Å². The number of aromatic nitrogens is 4. The van der Waals surface area contributed by atoms with Crippen molar-refractivity contribution in [3.63, 3.8) is 0 Å². The number of halogens is 1. The molecule has 8 nitrogen and oxygen atoms in total. The molecule has 1 saturated heterocycles. The molecule has 19 heavy (non-hydrogen) atoms. The number of rotatable bonds is 2. The van der Waals surface area contributed by atoms with Gasteiger partial charge in [-0.15, -0.1) is 0 Å². The first-order chi connectivity index (χ1) is 9.13. The predicted molar refractivity (Wildman–Crippen MR) is 61.6 cm³/mol. The average molecular weight is 269 g/mol. The molecule has 0 aliphatic carbocycles. The van der Waals surface area contributed by atoms with Gasteiger partial charge >= 0.3 is 0 Å². The van der Waals surface area contributed by atoms with Gasteiger partial charge in [0.25, 0.3) is 0 Å². The maximum Gasteiger partial charge on any atom is 0.173 e. The molecule has 1 fully saturated rings. The van der Waals surface area contributed by atoms with Gasteiger partial charge in [-0.3, -0.25) is 4.57 Å². The number of aliphatic hydroxyl groups excluding tert-OH is 2. The van der Waals surface area contributed by atoms with Crippen LogP contribution in [0.1, 0.15) is 6.23 Å². The standard InChI is InChI=1S/C10H12FN5O3/c11-5-7(18)4(1-17)19-10(5)16-3-15-6-8(12)13-2-14-9(6)16/h2-5,7,10,17-18H,1H2,(H2,12,13,14)/t4-,5+,7-,10+/m1/s1. The van der Waals surface area contributed by atoms with Crippen LogP contribution in [0.5, 0.6) is 0 Å². The van der Waals surface area contributed by atoms with Crippen molar-refractivity contribution in [1.82, 2.24) is 19.5 Å². The summed E-state index contributed by atoms with van der Waals surface area (Å²) in [7, 11) is 0. The van der Waals surface area contributed by atoms with E-state index >= 15 is 0 Å². The van der Waals surface area contributed by atoms with Crippen molar-refractivity contribution in [2.75, 3.05) is 12.3 Å². The van der Waals surface area contributed by atoms with Crippen molar-refractivity contribution in [3.8, 4) is 0 Å². The first kappa shape index (κ1) is 12.2. The molecule has 0 amide bonds. The van der Waals surface area contributed by atoms with Gasteiger partial charge in [0.05, 0.1) is 12.9 Å². The van der Waals surface area contributed by atoms with Gasteiger partial charge in [-0.2, -0.15) is 0 Å². The van der Waals surface area contributed by atoms with Gasteiger partial charge in [0.2, 0.25) is 0 Å². The summed E-state index contributed by atoms with van der Waals surface area (Å²) in [5.74, 6) is 0.177. The molecule has 2 aromatic heterocycles. The lowest BCUT2D eigenvalue weighted by Crippen LogP contribution is -2.30. The Morgan fingerprint density at radius 2 is 2.21 bits per heavy atom. The minimum atomic E-state index is -1.69. The zero-order valence-corrected chi connectivity index (χ0v) is 9.72. The quantitative estimate of drug-likeness (QED) is 0.639. The first-order valence-corrected chi connectivity index (χ1v) is 5.65. The van der Waals surface area contributed by atoms with Gasteiger partial charge in [0.1, 0.15) is 24.1 Å². The summed E-state index contributed by atoms with van der Waals surface area (Å²) in [4.78, 5) is 11.8. The zero-order valence-electron chi connectivity index (χ0n) is 9.72. The van der Waals surface area contributed by atoms with Gasteiger partial charge in [0, 0.05) is 0 Å². The van der Waals surface area contributed by atoms with Crippen LogP contribution in [-0.2, 0) is 4.74 Å². The molecule has 9 heteroatoms. The van der Waals surface area contributed by atoms with Gasteiger partial charge in [-0.05, 0) is 0 Å². The lowest BCUT2D eigenvalue weighted by Gasteiger charge is -2.14. The molecule has 4 N–H and O–H groups in total. The van der Waals surface area contributed by atoms with Crippen molar-refractivity contribution < 1.29 is 19.3 Å². The Labute approximate surface area is 106 Å². The van der Waals surface area contributed by atoms with E-state index < -0.39 is 31.2 Å². The van der Waals surface area contributed by atoms with Crippen LogP contribution < -0.4 is 5.73 Å². The number of ether oxygens (including phenoxy) is 1. The number of imidazole rings is 1. The van der Waals surface area contributed by atoms with Crippen LogP contribution in [-0.4, -0.2) is 54.7 Å². The number of anilines is 1. The number of nitrogens with zero attached hydrogens (tertiary/aromatic N) is 4. The summed E-state index contributed by atoms with van der Waals surface area (Å²) < 4.78 is 20.6. The molecule has 0 bridgehead atoms. The van der Waals surface area contributed by atoms with E-state index in [2.05, 4.69) is 15.0 Å². The lowest BCUT2D eigenvalue weighted by atomic mass is 10.1. The van der Waals surface area contributed by atoms with E-state index in [1.165, 1.54) is 17.2 Å². The third kappa shape index (κ3) is 1.74. The van der Waals surface area contributed by atoms with Crippen molar-refractivity contribution in [1.29, 1.82) is 0 Å². The van der Waals surface area contributed by atoms with E-state index in [4.69, 9.17) is 15.6 Å². The van der Waals surface area contributed by atoms with Gasteiger partial charge in [0.15, 0.2) is 23.9 Å². The summed E-state index contributed by atoms with van der Waals surface area (Å²) >= 11 is 0. The maximum atomic E-state index is 14.0. The fourth-order valence-corrected chi connectivity index (χ4v) is 2.13. The molecule has 3 heterocycles. The highest BCUT2D eigenvalue weighted by atomic mass is 19.1. The molecule has 0 aromatic carbocycles. The molecule has 3 rings (SSSR count). The largest absolute Gasteiger partial charge is 0.394 e. The van der Waals surface area contributed by atoms with Gasteiger partial charge in [-0.1, -0.05) is 0 Å². The molecule has 0 spiro atoms. The van der Waals surface area contributed by atoms with E-state index in [1.54, 1.807) is 0 Å². The number of aliphatic hydroxyl groups is 2. The number of alkyl halides is 1. The number of nitrogen functional groups attached to an aromatic ring is 1. The summed E-state index contributed by atoms with van der Waals surface area (Å²) in [6.07, 6.45) is -2.61. The molecule has 102 valence electrons. The number of hydrogen-bond acceptors (Lipinski definition) is 7. The Kier molecular flexibility index (Phi) is 2.81. The highest BCUT2D eigenvalue weighted by Crippen LogP contribution is 2.33. The smallest absolute Gasteiger partial charge is 0.173 e. The van der Waals surface area contributed by atoms with E-state index in [-0.39, 0.29) is 5.82 Å². The zero-order chi connectivity index (χ0) is 13.6. The molecule has 2 aromatic rings. The maximum absolute atomic E-state index is 14.0. The summed E-state index contributed by atoms with van der Waals surface area (Å²) in [6, 6.07) is 0. The van der Waals surface area contributed by atoms with Crippen LogP contribution in [0.15, 0.2) is 12.7 Å².